The second kappa shape index (κ2) is 6.57. The minimum atomic E-state index is 0. The Hall–Kier alpha value is 0.570. The maximum atomic E-state index is 3.61. The lowest BCUT2D eigenvalue weighted by Gasteiger charge is -1.83. The Morgan fingerprint density at radius 1 is 1.57 bits per heavy atom. The topological polar surface area (TPSA) is 0 Å². The van der Waals surface area contributed by atoms with Crippen LogP contribution in [-0.4, -0.2) is 18.3 Å². The van der Waals surface area contributed by atoms with Gasteiger partial charge in [0.2, 0.25) is 0 Å². The van der Waals surface area contributed by atoms with Crippen LogP contribution in [0.25, 0.3) is 0 Å². The molecule has 0 spiro atoms. The normalized spacial score (nSPS) is 7.86. The summed E-state index contributed by atoms with van der Waals surface area (Å²) in [5, 5.41) is 0. The number of rotatable bonds is 2. The third kappa shape index (κ3) is 10.8. The predicted molar refractivity (Wildman–Crippen MR) is 34.3 cm³/mol. The Labute approximate surface area is 59.1 Å². The third-order valence-corrected chi connectivity index (χ3v) is 1.35. The summed E-state index contributed by atoms with van der Waals surface area (Å²) in [6, 6.07) is 0. The van der Waals surface area contributed by atoms with E-state index >= 15 is 0 Å². The third-order valence-electron chi connectivity index (χ3n) is 0.451. The van der Waals surface area contributed by atoms with E-state index in [0.717, 1.165) is 0 Å². The molecule has 2 heteroatoms. The van der Waals surface area contributed by atoms with Gasteiger partial charge in [0.1, 0.15) is 5.75 Å². The maximum absolute atomic E-state index is 3.61. The summed E-state index contributed by atoms with van der Waals surface area (Å²) in [4.78, 5) is 0. The fourth-order valence-electron chi connectivity index (χ4n) is 0.236. The summed E-state index contributed by atoms with van der Waals surface area (Å²) >= 11 is 0. The fourth-order valence-corrected chi connectivity index (χ4v) is 0.707. The van der Waals surface area contributed by atoms with Crippen LogP contribution in [0, 0.1) is 0 Å². The zero-order chi connectivity index (χ0) is 4.99. The zero-order valence-corrected chi connectivity index (χ0v) is 7.18. The van der Waals surface area contributed by atoms with Gasteiger partial charge < -0.3 is 17.0 Å². The Bertz CT molecular complexity index is 43.3. The van der Waals surface area contributed by atoms with Crippen LogP contribution in [-0.2, 0) is 10.9 Å². The molecule has 0 saturated heterocycles. The van der Waals surface area contributed by atoms with Crippen LogP contribution in [0.15, 0.2) is 12.7 Å². The molecule has 0 amide bonds. The highest BCUT2D eigenvalue weighted by molar-refractivity contribution is 7.95. The van der Waals surface area contributed by atoms with Gasteiger partial charge in [0.15, 0.2) is 0 Å². The first-order valence-electron chi connectivity index (χ1n) is 1.92. The molecule has 0 aliphatic carbocycles. The first kappa shape index (κ1) is 10.5. The van der Waals surface area contributed by atoms with Crippen molar-refractivity contribution in [1.29, 1.82) is 0 Å². The van der Waals surface area contributed by atoms with Crippen LogP contribution in [0.1, 0.15) is 0 Å². The molecular weight excluding hydrogens is 172 g/mol. The van der Waals surface area contributed by atoms with Crippen molar-refractivity contribution in [3.8, 4) is 0 Å². The van der Waals surface area contributed by atoms with Gasteiger partial charge in [-0.3, -0.25) is 0 Å². The molecule has 0 fully saturated rings. The molecule has 7 heavy (non-hydrogen) atoms. The lowest BCUT2D eigenvalue weighted by Crippen LogP contribution is -3.00. The molecular formula is C5H11BrS. The molecule has 0 nitrogen and oxygen atoms in total. The van der Waals surface area contributed by atoms with Gasteiger partial charge >= 0.3 is 0 Å². The molecule has 0 saturated carbocycles. The summed E-state index contributed by atoms with van der Waals surface area (Å²) in [6.45, 7) is 3.61. The molecule has 0 aromatic carbocycles. The molecule has 0 aliphatic heterocycles. The zero-order valence-electron chi connectivity index (χ0n) is 4.78. The first-order chi connectivity index (χ1) is 2.77. The van der Waals surface area contributed by atoms with Crippen molar-refractivity contribution >= 4 is 10.9 Å². The van der Waals surface area contributed by atoms with E-state index in [9.17, 15) is 0 Å². The average molecular weight is 183 g/mol. The van der Waals surface area contributed by atoms with Crippen LogP contribution in [0.4, 0.5) is 0 Å². The summed E-state index contributed by atoms with van der Waals surface area (Å²) in [5.74, 6) is 1.17. The summed E-state index contributed by atoms with van der Waals surface area (Å²) in [5.41, 5.74) is 0. The summed E-state index contributed by atoms with van der Waals surface area (Å²) in [7, 11) is 0.566. The second-order valence-electron chi connectivity index (χ2n) is 1.44. The average Bonchev–Trinajstić information content (AvgIpc) is 1.35. The molecule has 0 heterocycles. The van der Waals surface area contributed by atoms with Gasteiger partial charge in [-0.05, 0) is 17.0 Å². The van der Waals surface area contributed by atoms with E-state index in [4.69, 9.17) is 0 Å². The van der Waals surface area contributed by atoms with Crippen molar-refractivity contribution in [2.45, 2.75) is 0 Å². The van der Waals surface area contributed by atoms with Gasteiger partial charge in [0.05, 0.1) is 12.5 Å². The van der Waals surface area contributed by atoms with Crippen molar-refractivity contribution in [2.75, 3.05) is 18.3 Å². The Morgan fingerprint density at radius 2 is 2.00 bits per heavy atom. The van der Waals surface area contributed by atoms with Crippen molar-refractivity contribution < 1.29 is 17.0 Å². The highest BCUT2D eigenvalue weighted by Gasteiger charge is 1.92. The van der Waals surface area contributed by atoms with E-state index in [1.165, 1.54) is 5.75 Å². The van der Waals surface area contributed by atoms with Crippen LogP contribution in [0.3, 0.4) is 0 Å². The smallest absolute Gasteiger partial charge is 0.125 e. The molecule has 0 aromatic rings. The molecule has 0 aromatic heterocycles. The van der Waals surface area contributed by atoms with Crippen molar-refractivity contribution in [1.82, 2.24) is 0 Å². The van der Waals surface area contributed by atoms with Gasteiger partial charge in [-0.15, -0.1) is 0 Å². The van der Waals surface area contributed by atoms with Gasteiger partial charge in [-0.2, -0.15) is 0 Å². The van der Waals surface area contributed by atoms with Gasteiger partial charge in [-0.25, -0.2) is 0 Å². The summed E-state index contributed by atoms with van der Waals surface area (Å²) in [6.07, 6.45) is 6.38. The molecule has 44 valence electrons. The lowest BCUT2D eigenvalue weighted by atomic mass is 10.8. The van der Waals surface area contributed by atoms with E-state index in [1.807, 2.05) is 6.08 Å². The van der Waals surface area contributed by atoms with Gasteiger partial charge in [0, 0.05) is 0 Å². The Balaban J connectivity index is 0. The van der Waals surface area contributed by atoms with Crippen LogP contribution < -0.4 is 17.0 Å². The predicted octanol–water partition coefficient (Wildman–Crippen LogP) is -1.95. The van der Waals surface area contributed by atoms with Gasteiger partial charge in [-0.1, -0.05) is 6.58 Å². The first-order valence-corrected chi connectivity index (χ1v) is 4.13. The molecule has 0 aliphatic rings. The van der Waals surface area contributed by atoms with Crippen LogP contribution in [0.2, 0.25) is 0 Å². The fraction of sp³-hybridized carbons (Fsp3) is 0.600. The van der Waals surface area contributed by atoms with Crippen molar-refractivity contribution in [3.05, 3.63) is 12.7 Å². The Kier molecular flexibility index (Phi) is 9.89. The molecule has 0 rings (SSSR count). The largest absolute Gasteiger partial charge is 1.00 e. The number of halogens is 1. The van der Waals surface area contributed by atoms with Gasteiger partial charge in [0.25, 0.3) is 0 Å². The molecule has 0 radical (unpaired) electrons. The van der Waals surface area contributed by atoms with Crippen molar-refractivity contribution in [3.63, 3.8) is 0 Å². The van der Waals surface area contributed by atoms with E-state index in [0.29, 0.717) is 10.9 Å². The molecule has 0 unspecified atom stereocenters. The number of hydrogen-bond donors (Lipinski definition) is 0. The monoisotopic (exact) mass is 182 g/mol. The van der Waals surface area contributed by atoms with E-state index in [1.54, 1.807) is 0 Å². The molecule has 0 N–H and O–H groups in total. The molecule has 0 bridgehead atoms. The maximum Gasteiger partial charge on any atom is 0.125 e. The van der Waals surface area contributed by atoms with E-state index in [-0.39, 0.29) is 17.0 Å². The Morgan fingerprint density at radius 3 is 2.00 bits per heavy atom. The SMILES string of the molecule is C=CC[S+](C)C.[Br-]. The highest BCUT2D eigenvalue weighted by atomic mass is 79.9. The number of hydrogen-bond acceptors (Lipinski definition) is 0. The summed E-state index contributed by atoms with van der Waals surface area (Å²) < 4.78 is 0. The van der Waals surface area contributed by atoms with Crippen LogP contribution in [0.5, 0.6) is 0 Å². The second-order valence-corrected chi connectivity index (χ2v) is 3.75. The van der Waals surface area contributed by atoms with E-state index < -0.39 is 0 Å². The standard InChI is InChI=1S/C5H11S.BrH/c1-4-5-6(2)3;/h4H,1,5H2,2-3H3;1H/q+1;/p-1. The lowest BCUT2D eigenvalue weighted by molar-refractivity contribution is -0.00000144. The van der Waals surface area contributed by atoms with Crippen molar-refractivity contribution in [2.24, 2.45) is 0 Å². The van der Waals surface area contributed by atoms with E-state index in [2.05, 4.69) is 19.1 Å². The highest BCUT2D eigenvalue weighted by Crippen LogP contribution is 1.80. The molecule has 0 atom stereocenters. The minimum Gasteiger partial charge on any atom is -1.00 e. The van der Waals surface area contributed by atoms with Crippen LogP contribution >= 0.6 is 0 Å². The minimum absolute atomic E-state index is 0. The quantitative estimate of drug-likeness (QED) is 0.345.